The third-order valence-electron chi connectivity index (χ3n) is 14.9. The number of benzene rings is 6. The zero-order valence-corrected chi connectivity index (χ0v) is 50.2. The van der Waals surface area contributed by atoms with E-state index in [4.69, 9.17) is 27.6 Å². The molecule has 460 valence electrons. The second-order valence-electron chi connectivity index (χ2n) is 21.0. The Morgan fingerprint density at radius 2 is 1.03 bits per heavy atom. The van der Waals surface area contributed by atoms with Gasteiger partial charge in [0.1, 0.15) is 5.82 Å². The molecule has 26 nitrogen and oxygen atoms in total. The fraction of sp³-hybridized carbons (Fsp3) is 0.217. The minimum atomic E-state index is -5.42. The molecule has 6 aromatic carbocycles. The van der Waals surface area contributed by atoms with Gasteiger partial charge >= 0.3 is 29.5 Å². The van der Waals surface area contributed by atoms with Crippen molar-refractivity contribution in [2.45, 2.75) is 57.2 Å². The van der Waals surface area contributed by atoms with Crippen molar-refractivity contribution in [3.05, 3.63) is 163 Å². The number of phosphoric acid groups is 3. The third kappa shape index (κ3) is 13.6. The maximum atomic E-state index is 14.9. The molecule has 4 amide bonds. The maximum Gasteiger partial charge on any atom is 0.472 e. The number of nitrogens with one attached hydrogen (secondary N) is 5. The predicted molar refractivity (Wildman–Crippen MR) is 330 cm³/mol. The fourth-order valence-electron chi connectivity index (χ4n) is 10.6. The summed E-state index contributed by atoms with van der Waals surface area (Å²) < 4.78 is 68.1. The number of aromatic nitrogens is 5. The van der Waals surface area contributed by atoms with Gasteiger partial charge in [0.05, 0.1) is 113 Å². The van der Waals surface area contributed by atoms with E-state index < -0.39 is 110 Å². The molecule has 0 radical (unpaired) electrons. The topological polar surface area (TPSA) is 374 Å². The zero-order valence-electron chi connectivity index (χ0n) is 47.5. The number of carbonyl (C=O) groups is 4. The van der Waals surface area contributed by atoms with Gasteiger partial charge in [0.2, 0.25) is 5.91 Å². The van der Waals surface area contributed by atoms with Crippen LogP contribution < -0.4 is 21.3 Å². The molecule has 0 fully saturated rings. The van der Waals surface area contributed by atoms with Crippen LogP contribution in [0.15, 0.2) is 152 Å². The second kappa shape index (κ2) is 25.6. The quantitative estimate of drug-likeness (QED) is 0.0212. The number of hydrogen-bond acceptors (Lipinski definition) is 16. The van der Waals surface area contributed by atoms with Crippen molar-refractivity contribution in [2.75, 3.05) is 26.4 Å². The highest BCUT2D eigenvalue weighted by molar-refractivity contribution is 7.47. The normalized spacial score (nSPS) is 15.6. The summed E-state index contributed by atoms with van der Waals surface area (Å²) >= 11 is 0. The number of nitrogens with zero attached hydrogens (tertiary/aromatic N) is 4. The van der Waals surface area contributed by atoms with Gasteiger partial charge in [-0.3, -0.25) is 37.0 Å². The van der Waals surface area contributed by atoms with Crippen LogP contribution in [0.3, 0.4) is 0 Å². The van der Waals surface area contributed by atoms with Crippen LogP contribution in [-0.4, -0.2) is 136 Å². The molecule has 3 aromatic heterocycles. The van der Waals surface area contributed by atoms with E-state index in [2.05, 4.69) is 36.2 Å². The summed E-state index contributed by atoms with van der Waals surface area (Å²) in [6.07, 6.45) is -4.75. The van der Waals surface area contributed by atoms with Gasteiger partial charge in [-0.25, -0.2) is 38.0 Å². The lowest BCUT2D eigenvalue weighted by atomic mass is 10.0. The molecular formula is C60H58N9O17P3. The molecule has 89 heavy (non-hydrogen) atoms. The maximum absolute atomic E-state index is 14.9. The number of carbonyl (C=O) groups excluding carboxylic acids is 4. The van der Waals surface area contributed by atoms with Crippen molar-refractivity contribution in [2.24, 2.45) is 0 Å². The number of aliphatic hydroxyl groups is 1. The van der Waals surface area contributed by atoms with Crippen molar-refractivity contribution >= 4 is 124 Å². The van der Waals surface area contributed by atoms with Crippen LogP contribution in [0, 0.1) is 0 Å². The van der Waals surface area contributed by atoms with E-state index in [1.807, 2.05) is 18.2 Å². The predicted octanol–water partition coefficient (Wildman–Crippen LogP) is 8.35. The number of amides is 4. The first-order valence-corrected chi connectivity index (χ1v) is 32.3. The number of aliphatic hydroxyl groups excluding tert-OH is 1. The summed E-state index contributed by atoms with van der Waals surface area (Å²) in [5.74, 6) is -2.18. The first kappa shape index (κ1) is 62.2. The number of fused-ring (bicyclic) bond motifs is 10. The van der Waals surface area contributed by atoms with Gasteiger partial charge in [0.25, 0.3) is 11.8 Å². The number of aromatic amines is 1. The molecule has 5 heterocycles. The molecule has 0 spiro atoms. The number of hydrogen-bond donors (Lipinski definition) is 10. The average molecular weight is 1270 g/mol. The fourth-order valence-corrected chi connectivity index (χ4v) is 13.2. The van der Waals surface area contributed by atoms with Crippen LogP contribution in [0.5, 0.6) is 0 Å². The van der Waals surface area contributed by atoms with Gasteiger partial charge in [-0.15, -0.1) is 0 Å². The van der Waals surface area contributed by atoms with E-state index in [0.717, 1.165) is 12.3 Å². The summed E-state index contributed by atoms with van der Waals surface area (Å²) in [5.41, 5.74) is 4.79. The Balaban J connectivity index is 0.815. The Morgan fingerprint density at radius 1 is 0.551 bits per heavy atom. The molecule has 0 bridgehead atoms. The molecule has 8 atom stereocenters. The van der Waals surface area contributed by atoms with Crippen LogP contribution in [-0.2, 0) is 41.1 Å². The van der Waals surface area contributed by atoms with Crippen LogP contribution in [0.2, 0.25) is 0 Å². The third-order valence-corrected chi connectivity index (χ3v) is 17.7. The molecule has 9 aromatic rings. The monoisotopic (exact) mass is 1270 g/mol. The van der Waals surface area contributed by atoms with Gasteiger partial charge in [-0.1, -0.05) is 109 Å². The largest absolute Gasteiger partial charge is 0.472 e. The molecule has 0 saturated carbocycles. The lowest BCUT2D eigenvalue weighted by Crippen LogP contribution is -2.49. The minimum absolute atomic E-state index is 0.0461. The summed E-state index contributed by atoms with van der Waals surface area (Å²) in [6.45, 7) is 0.0539. The zero-order chi connectivity index (χ0) is 62.9. The highest BCUT2D eigenvalue weighted by Crippen LogP contribution is 2.48. The Kier molecular flexibility index (Phi) is 17.9. The molecule has 10 N–H and O–H groups in total. The van der Waals surface area contributed by atoms with E-state index in [-0.39, 0.29) is 11.1 Å². The van der Waals surface area contributed by atoms with E-state index in [1.165, 1.54) is 18.4 Å². The summed E-state index contributed by atoms with van der Waals surface area (Å²) in [5, 5.41) is 24.4. The van der Waals surface area contributed by atoms with E-state index in [1.54, 1.807) is 133 Å². The van der Waals surface area contributed by atoms with Crippen LogP contribution in [0.25, 0.3) is 87.8 Å². The van der Waals surface area contributed by atoms with Crippen molar-refractivity contribution in [1.29, 1.82) is 0 Å². The lowest BCUT2D eigenvalue weighted by molar-refractivity contribution is -0.122. The molecule has 11 rings (SSSR count). The number of para-hydroxylation sites is 6. The number of pyridine rings is 3. The van der Waals surface area contributed by atoms with Crippen LogP contribution in [0.4, 0.5) is 4.79 Å². The van der Waals surface area contributed by atoms with Gasteiger partial charge < -0.3 is 50.9 Å². The Hall–Kier alpha value is -8.42. The molecule has 2 aliphatic rings. The van der Waals surface area contributed by atoms with Crippen LogP contribution in [0.1, 0.15) is 41.5 Å². The molecule has 0 aliphatic carbocycles. The van der Waals surface area contributed by atoms with Gasteiger partial charge in [0.15, 0.2) is 0 Å². The number of rotatable bonds is 23. The molecular weight excluding hydrogens is 1210 g/mol. The minimum Gasteiger partial charge on any atom is -0.394 e. The molecule has 8 unspecified atom stereocenters. The van der Waals surface area contributed by atoms with Crippen LogP contribution >= 0.6 is 23.5 Å². The summed E-state index contributed by atoms with van der Waals surface area (Å²) in [6, 6.07) is 38.5. The second-order valence-corrected chi connectivity index (χ2v) is 25.0. The molecule has 2 aliphatic heterocycles. The Bertz CT molecular complexity index is 4620. The van der Waals surface area contributed by atoms with E-state index in [9.17, 15) is 57.6 Å². The van der Waals surface area contributed by atoms with Gasteiger partial charge in [-0.2, -0.15) is 0 Å². The Morgan fingerprint density at radius 3 is 1.65 bits per heavy atom. The number of phosphoric ester groups is 3. The van der Waals surface area contributed by atoms with Crippen molar-refractivity contribution in [3.8, 4) is 11.4 Å². The standard InChI is InChI=1S/C60H58N9O17P3/c1-33(48(30-70)67-58(72)53-38-18-6-11-23-44(38)62-45-24-12-7-19-39(45)53)85-89(80,81)86-35(3)50(68-59(73)54-40-20-8-13-25-46(40)64-55-41-21-9-14-26-47(41)65-56(54)55)32-83-88(78,79)82-31-49(34(2)84-87(75,76)77)63-52(71)29-61-60(74)69-51-27-15-4-16-36(51)28-42-37-17-5-10-22-43(37)66-57(42)69/h4-28,33-35,48-50,65,70H,29-32H2,1-3H3,(H,61,74)(H,63,71)(H,67,72)(H,68,73)(H,78,79)(H,80,81)(H2,75,76,77). The summed E-state index contributed by atoms with van der Waals surface area (Å²) in [7, 11) is -16.0. The van der Waals surface area contributed by atoms with Crippen molar-refractivity contribution < 1.29 is 80.2 Å². The SMILES string of the molecule is CC(OP(=O)(O)O)C(COP(=O)(O)OCC(NC(=O)c1c2ccccc2nc2c1[nH]c1ccccc12)C(C)OP(=O)(O)OC(C)C(CO)NC(=O)c1c2ccccc2nc2ccccc12)NC(=O)CNC(=O)n1c2nc3ccccc3c-2cc2ccccc21. The Labute approximate surface area is 505 Å². The summed E-state index contributed by atoms with van der Waals surface area (Å²) in [4.78, 5) is 116. The molecule has 29 heteroatoms. The van der Waals surface area contributed by atoms with Gasteiger partial charge in [-0.05, 0) is 68.6 Å². The first-order valence-electron chi connectivity index (χ1n) is 27.8. The van der Waals surface area contributed by atoms with Gasteiger partial charge in [0, 0.05) is 38.0 Å². The average Bonchev–Trinajstić information content (AvgIpc) is 1.77. The van der Waals surface area contributed by atoms with Crippen molar-refractivity contribution in [1.82, 2.24) is 45.8 Å². The van der Waals surface area contributed by atoms with Crippen molar-refractivity contribution in [3.63, 3.8) is 0 Å². The first-order chi connectivity index (χ1) is 42.5. The molecule has 0 saturated heterocycles. The van der Waals surface area contributed by atoms with E-state index in [0.29, 0.717) is 82.5 Å². The highest BCUT2D eigenvalue weighted by Gasteiger charge is 2.38. The smallest absolute Gasteiger partial charge is 0.394 e. The lowest BCUT2D eigenvalue weighted by Gasteiger charge is -2.30. The number of H-pyrrole nitrogens is 1. The van der Waals surface area contributed by atoms with E-state index >= 15 is 0 Å². The highest BCUT2D eigenvalue weighted by atomic mass is 31.2.